The summed E-state index contributed by atoms with van der Waals surface area (Å²) in [5.41, 5.74) is 3.60. The van der Waals surface area contributed by atoms with Crippen LogP contribution in [0.2, 0.25) is 0 Å². The van der Waals surface area contributed by atoms with Crippen LogP contribution in [0.15, 0.2) is 58.5 Å². The van der Waals surface area contributed by atoms with E-state index in [4.69, 9.17) is 4.74 Å². The Morgan fingerprint density at radius 2 is 1.68 bits per heavy atom. The largest absolute Gasteiger partial charge is 0.465 e. The molecule has 0 unspecified atom stereocenters. The van der Waals surface area contributed by atoms with Gasteiger partial charge in [0.2, 0.25) is 15.8 Å². The number of piperidine rings is 1. The van der Waals surface area contributed by atoms with Gasteiger partial charge in [-0.1, -0.05) is 18.6 Å². The van der Waals surface area contributed by atoms with E-state index in [0.29, 0.717) is 18.8 Å². The average molecular weight is 508 g/mol. The summed E-state index contributed by atoms with van der Waals surface area (Å²) in [4.78, 5) is 24.6. The van der Waals surface area contributed by atoms with Gasteiger partial charge in [-0.15, -0.1) is 0 Å². The van der Waals surface area contributed by atoms with Gasteiger partial charge >= 0.3 is 5.97 Å². The maximum absolute atomic E-state index is 12.7. The number of ether oxygens (including phenoxy) is 1. The van der Waals surface area contributed by atoms with Crippen LogP contribution < -0.4 is 5.43 Å². The minimum atomic E-state index is -3.56. The molecule has 0 aromatic heterocycles. The van der Waals surface area contributed by atoms with Gasteiger partial charge in [0.05, 0.1) is 23.3 Å². The molecule has 10 heteroatoms. The zero-order chi connectivity index (χ0) is 22.4. The standard InChI is InChI=1S/C21H22BrN3O5S/c1-30-21(27)17-7-3-4-8-18(17)23-24-20(22)19(26)15-9-11-16(12-10-15)31(28,29)25-13-5-2-6-14-25/h3-4,7-12,23H,2,5-6,13-14H2,1H3/b24-20-. The molecule has 1 saturated heterocycles. The molecule has 1 N–H and O–H groups in total. The third-order valence-corrected chi connectivity index (χ3v) is 7.31. The minimum Gasteiger partial charge on any atom is -0.465 e. The van der Waals surface area contributed by atoms with Crippen LogP contribution in [0.4, 0.5) is 5.69 Å². The Balaban J connectivity index is 1.74. The van der Waals surface area contributed by atoms with Crippen LogP contribution in [0.3, 0.4) is 0 Å². The number of Topliss-reactive ketones (excluding diaryl/α,β-unsaturated/α-hetero) is 1. The van der Waals surface area contributed by atoms with Gasteiger partial charge in [-0.2, -0.15) is 9.41 Å². The van der Waals surface area contributed by atoms with Gasteiger partial charge in [-0.25, -0.2) is 13.2 Å². The van der Waals surface area contributed by atoms with E-state index in [1.54, 1.807) is 24.3 Å². The molecule has 1 aliphatic rings. The summed E-state index contributed by atoms with van der Waals surface area (Å²) in [5, 5.41) is 3.99. The number of rotatable bonds is 7. The summed E-state index contributed by atoms with van der Waals surface area (Å²) in [7, 11) is -2.29. The molecule has 0 amide bonds. The van der Waals surface area contributed by atoms with Crippen LogP contribution in [-0.4, -0.2) is 49.3 Å². The van der Waals surface area contributed by atoms with E-state index in [0.717, 1.165) is 19.3 Å². The van der Waals surface area contributed by atoms with Crippen molar-refractivity contribution in [2.75, 3.05) is 25.6 Å². The molecule has 1 aliphatic heterocycles. The topological polar surface area (TPSA) is 105 Å². The molecular formula is C21H22BrN3O5S. The lowest BCUT2D eigenvalue weighted by molar-refractivity contribution is 0.0601. The van der Waals surface area contributed by atoms with E-state index in [2.05, 4.69) is 26.5 Å². The summed E-state index contributed by atoms with van der Waals surface area (Å²) in [6.45, 7) is 1.03. The number of nitrogens with one attached hydrogen (secondary N) is 1. The molecule has 0 spiro atoms. The number of methoxy groups -OCH3 is 1. The summed E-state index contributed by atoms with van der Waals surface area (Å²) >= 11 is 3.13. The molecule has 0 aliphatic carbocycles. The molecule has 31 heavy (non-hydrogen) atoms. The van der Waals surface area contributed by atoms with Crippen molar-refractivity contribution in [3.63, 3.8) is 0 Å². The van der Waals surface area contributed by atoms with Crippen molar-refractivity contribution in [2.45, 2.75) is 24.2 Å². The lowest BCUT2D eigenvalue weighted by atomic mass is 10.1. The first-order valence-corrected chi connectivity index (χ1v) is 11.9. The number of anilines is 1. The molecule has 0 bridgehead atoms. The first-order chi connectivity index (χ1) is 14.8. The zero-order valence-electron chi connectivity index (χ0n) is 16.9. The van der Waals surface area contributed by atoms with Crippen LogP contribution in [0.5, 0.6) is 0 Å². The Labute approximate surface area is 189 Å². The lowest BCUT2D eigenvalue weighted by Crippen LogP contribution is -2.35. The van der Waals surface area contributed by atoms with E-state index in [-0.39, 0.29) is 20.6 Å². The van der Waals surface area contributed by atoms with E-state index in [1.807, 2.05) is 0 Å². The van der Waals surface area contributed by atoms with E-state index in [9.17, 15) is 18.0 Å². The van der Waals surface area contributed by atoms with Gasteiger partial charge in [0, 0.05) is 18.7 Å². The number of nitrogens with zero attached hydrogens (tertiary/aromatic N) is 2. The SMILES string of the molecule is COC(=O)c1ccccc1N/N=C(\Br)C(=O)c1ccc(S(=O)(=O)N2CCCCC2)cc1. The second kappa shape index (κ2) is 10.2. The number of ketones is 1. The number of hydrogen-bond acceptors (Lipinski definition) is 7. The van der Waals surface area contributed by atoms with Crippen molar-refractivity contribution in [2.24, 2.45) is 5.10 Å². The molecule has 0 atom stereocenters. The average Bonchev–Trinajstić information content (AvgIpc) is 2.82. The molecule has 1 fully saturated rings. The summed E-state index contributed by atoms with van der Waals surface area (Å²) in [5.74, 6) is -0.976. The minimum absolute atomic E-state index is 0.0289. The molecule has 2 aromatic rings. The number of esters is 1. The molecule has 164 valence electrons. The number of halogens is 1. The molecule has 1 heterocycles. The number of para-hydroxylation sites is 1. The van der Waals surface area contributed by atoms with E-state index in [1.165, 1.54) is 35.7 Å². The Hall–Kier alpha value is -2.56. The highest BCUT2D eigenvalue weighted by molar-refractivity contribution is 9.19. The van der Waals surface area contributed by atoms with E-state index >= 15 is 0 Å². The highest BCUT2D eigenvalue weighted by Gasteiger charge is 2.26. The fourth-order valence-electron chi connectivity index (χ4n) is 3.18. The fraction of sp³-hybridized carbons (Fsp3) is 0.286. The van der Waals surface area contributed by atoms with Gasteiger partial charge in [0.1, 0.15) is 0 Å². The van der Waals surface area contributed by atoms with Crippen molar-refractivity contribution < 1.29 is 22.7 Å². The number of benzene rings is 2. The highest BCUT2D eigenvalue weighted by Crippen LogP contribution is 2.21. The van der Waals surface area contributed by atoms with Crippen LogP contribution in [0.1, 0.15) is 40.0 Å². The van der Waals surface area contributed by atoms with E-state index < -0.39 is 21.8 Å². The van der Waals surface area contributed by atoms with Gasteiger partial charge in [-0.3, -0.25) is 10.2 Å². The van der Waals surface area contributed by atoms with Crippen LogP contribution in [0, 0.1) is 0 Å². The summed E-state index contributed by atoms with van der Waals surface area (Å²) in [6.07, 6.45) is 2.74. The Morgan fingerprint density at radius 3 is 2.32 bits per heavy atom. The number of hydrazone groups is 1. The monoisotopic (exact) mass is 507 g/mol. The first kappa shape index (κ1) is 23.1. The summed E-state index contributed by atoms with van der Waals surface area (Å²) < 4.78 is 31.6. The second-order valence-electron chi connectivity index (χ2n) is 6.87. The number of carbonyl (C=O) groups is 2. The molecular weight excluding hydrogens is 486 g/mol. The maximum Gasteiger partial charge on any atom is 0.340 e. The Bertz CT molecular complexity index is 1090. The Morgan fingerprint density at radius 1 is 1.03 bits per heavy atom. The zero-order valence-corrected chi connectivity index (χ0v) is 19.3. The van der Waals surface area contributed by atoms with Crippen LogP contribution in [0.25, 0.3) is 0 Å². The van der Waals surface area contributed by atoms with Crippen molar-refractivity contribution >= 4 is 48.0 Å². The Kier molecular flexibility index (Phi) is 7.58. The third kappa shape index (κ3) is 5.38. The lowest BCUT2D eigenvalue weighted by Gasteiger charge is -2.25. The normalized spacial score (nSPS) is 15.4. The van der Waals surface area contributed by atoms with Gasteiger partial charge in [0.25, 0.3) is 0 Å². The summed E-state index contributed by atoms with van der Waals surface area (Å²) in [6, 6.07) is 12.4. The second-order valence-corrected chi connectivity index (χ2v) is 9.56. The van der Waals surface area contributed by atoms with Crippen molar-refractivity contribution in [1.29, 1.82) is 0 Å². The quantitative estimate of drug-likeness (QED) is 0.265. The van der Waals surface area contributed by atoms with Gasteiger partial charge < -0.3 is 4.74 Å². The first-order valence-electron chi connectivity index (χ1n) is 9.66. The molecule has 0 radical (unpaired) electrons. The third-order valence-electron chi connectivity index (χ3n) is 4.86. The number of hydrogen-bond donors (Lipinski definition) is 1. The number of sulfonamides is 1. The van der Waals surface area contributed by atoms with Gasteiger partial charge in [-0.05, 0) is 65.2 Å². The molecule has 3 rings (SSSR count). The smallest absolute Gasteiger partial charge is 0.340 e. The highest BCUT2D eigenvalue weighted by atomic mass is 79.9. The predicted molar refractivity (Wildman–Crippen MR) is 121 cm³/mol. The fourth-order valence-corrected chi connectivity index (χ4v) is 5.02. The van der Waals surface area contributed by atoms with Gasteiger partial charge in [0.15, 0.2) is 4.62 Å². The molecule has 0 saturated carbocycles. The molecule has 2 aromatic carbocycles. The van der Waals surface area contributed by atoms with Crippen molar-refractivity contribution in [1.82, 2.24) is 4.31 Å². The van der Waals surface area contributed by atoms with Crippen LogP contribution >= 0.6 is 15.9 Å². The molecule has 8 nitrogen and oxygen atoms in total. The van der Waals surface area contributed by atoms with Crippen molar-refractivity contribution in [3.05, 3.63) is 59.7 Å². The predicted octanol–water partition coefficient (Wildman–Crippen LogP) is 3.65. The van der Waals surface area contributed by atoms with Crippen molar-refractivity contribution in [3.8, 4) is 0 Å². The van der Waals surface area contributed by atoms with Crippen LogP contribution in [-0.2, 0) is 14.8 Å². The number of carbonyl (C=O) groups excluding carboxylic acids is 2. The maximum atomic E-state index is 12.7.